The van der Waals surface area contributed by atoms with Gasteiger partial charge in [-0.05, 0) is 77.8 Å². The molecule has 0 spiro atoms. The predicted octanol–water partition coefficient (Wildman–Crippen LogP) is 5.99. The number of hydrogen-bond donors (Lipinski definition) is 1. The molecule has 5 heteroatoms. The zero-order chi connectivity index (χ0) is 22.9. The summed E-state index contributed by atoms with van der Waals surface area (Å²) in [5, 5.41) is 9.96. The molecule has 0 saturated carbocycles. The molecule has 0 amide bonds. The number of hydrogen-bond acceptors (Lipinski definition) is 3. The second kappa shape index (κ2) is 8.81. The molecule has 1 aliphatic carbocycles. The van der Waals surface area contributed by atoms with Crippen molar-refractivity contribution in [3.05, 3.63) is 94.6 Å². The standard InChI is InChI=1S/C28H25F2NO2/c29-25-15-21(31-12-10-18(17-32)11-13-31)16-26(30)28(25)27-23(19-4-2-1-3-5-19)8-6-20-14-22(33)7-9-24(20)27/h1-5,7,9,14-18,33H,6,8,10-13H2. The number of piperidine rings is 1. The minimum Gasteiger partial charge on any atom is -0.508 e. The number of carbonyl (C=O) groups is 1. The fourth-order valence-corrected chi connectivity index (χ4v) is 5.07. The summed E-state index contributed by atoms with van der Waals surface area (Å²) in [6, 6.07) is 17.5. The molecule has 0 aromatic heterocycles. The van der Waals surface area contributed by atoms with Gasteiger partial charge in [0.05, 0.1) is 5.56 Å². The summed E-state index contributed by atoms with van der Waals surface area (Å²) in [6.07, 6.45) is 3.65. The number of halogens is 2. The van der Waals surface area contributed by atoms with E-state index in [2.05, 4.69) is 0 Å². The molecule has 1 N–H and O–H groups in total. The molecule has 1 fully saturated rings. The summed E-state index contributed by atoms with van der Waals surface area (Å²) < 4.78 is 31.3. The molecular formula is C28H25F2NO2. The van der Waals surface area contributed by atoms with Crippen LogP contribution in [0, 0.1) is 17.6 Å². The zero-order valence-electron chi connectivity index (χ0n) is 18.2. The Morgan fingerprint density at radius 2 is 1.61 bits per heavy atom. The molecule has 3 aromatic rings. The fourth-order valence-electron chi connectivity index (χ4n) is 5.07. The van der Waals surface area contributed by atoms with Gasteiger partial charge in [0.15, 0.2) is 0 Å². The topological polar surface area (TPSA) is 40.5 Å². The van der Waals surface area contributed by atoms with Crippen LogP contribution in [0.1, 0.15) is 41.5 Å². The van der Waals surface area contributed by atoms with Crippen LogP contribution in [-0.4, -0.2) is 24.5 Å². The maximum atomic E-state index is 15.6. The van der Waals surface area contributed by atoms with Gasteiger partial charge in [0.25, 0.3) is 0 Å². The second-order valence-electron chi connectivity index (χ2n) is 8.81. The van der Waals surface area contributed by atoms with Crippen LogP contribution in [0.4, 0.5) is 14.5 Å². The van der Waals surface area contributed by atoms with E-state index < -0.39 is 11.6 Å². The van der Waals surface area contributed by atoms with E-state index in [1.807, 2.05) is 35.2 Å². The zero-order valence-corrected chi connectivity index (χ0v) is 18.2. The van der Waals surface area contributed by atoms with Gasteiger partial charge in [0, 0.05) is 24.7 Å². The van der Waals surface area contributed by atoms with Crippen LogP contribution in [0.3, 0.4) is 0 Å². The van der Waals surface area contributed by atoms with Crippen molar-refractivity contribution >= 4 is 23.1 Å². The van der Waals surface area contributed by atoms with Crippen molar-refractivity contribution in [1.29, 1.82) is 0 Å². The van der Waals surface area contributed by atoms with Gasteiger partial charge in [-0.3, -0.25) is 0 Å². The molecule has 0 atom stereocenters. The average molecular weight is 446 g/mol. The Balaban J connectivity index is 1.64. The number of fused-ring (bicyclic) bond motifs is 1. The number of nitrogens with zero attached hydrogens (tertiary/aromatic N) is 1. The normalized spacial score (nSPS) is 16.6. The first-order valence-corrected chi connectivity index (χ1v) is 11.4. The number of aromatic hydroxyl groups is 1. The van der Waals surface area contributed by atoms with Crippen LogP contribution >= 0.6 is 0 Å². The van der Waals surface area contributed by atoms with Crippen molar-refractivity contribution in [2.24, 2.45) is 5.92 Å². The van der Waals surface area contributed by atoms with Gasteiger partial charge in [-0.25, -0.2) is 8.78 Å². The van der Waals surface area contributed by atoms with E-state index in [0.29, 0.717) is 50.0 Å². The Labute approximate surface area is 192 Å². The third kappa shape index (κ3) is 4.04. The van der Waals surface area contributed by atoms with Gasteiger partial charge >= 0.3 is 0 Å². The monoisotopic (exact) mass is 445 g/mol. The molecule has 33 heavy (non-hydrogen) atoms. The fraction of sp³-hybridized carbons (Fsp3) is 0.250. The Morgan fingerprint density at radius 1 is 0.909 bits per heavy atom. The van der Waals surface area contributed by atoms with E-state index in [1.165, 1.54) is 12.1 Å². The molecule has 3 aromatic carbocycles. The molecule has 0 radical (unpaired) electrons. The molecule has 2 aliphatic rings. The van der Waals surface area contributed by atoms with Crippen molar-refractivity contribution in [3.63, 3.8) is 0 Å². The van der Waals surface area contributed by atoms with Crippen LogP contribution in [-0.2, 0) is 11.2 Å². The number of allylic oxidation sites excluding steroid dienone is 1. The Morgan fingerprint density at radius 3 is 2.27 bits per heavy atom. The van der Waals surface area contributed by atoms with Crippen LogP contribution in [0.2, 0.25) is 0 Å². The third-order valence-corrected chi connectivity index (χ3v) is 6.80. The van der Waals surface area contributed by atoms with Gasteiger partial charge in [0.2, 0.25) is 0 Å². The maximum Gasteiger partial charge on any atom is 0.136 e. The second-order valence-corrected chi connectivity index (χ2v) is 8.81. The first kappa shape index (κ1) is 21.4. The van der Waals surface area contributed by atoms with E-state index in [1.54, 1.807) is 18.2 Å². The van der Waals surface area contributed by atoms with Crippen molar-refractivity contribution < 1.29 is 18.7 Å². The number of rotatable bonds is 4. The van der Waals surface area contributed by atoms with Crippen LogP contribution in [0.15, 0.2) is 60.7 Å². The molecule has 1 saturated heterocycles. The highest BCUT2D eigenvalue weighted by Crippen LogP contribution is 2.44. The lowest BCUT2D eigenvalue weighted by Crippen LogP contribution is -2.34. The summed E-state index contributed by atoms with van der Waals surface area (Å²) in [4.78, 5) is 13.0. The molecule has 5 rings (SSSR count). The highest BCUT2D eigenvalue weighted by Gasteiger charge is 2.28. The minimum absolute atomic E-state index is 0.0176. The highest BCUT2D eigenvalue weighted by atomic mass is 19.1. The molecule has 0 bridgehead atoms. The number of phenols is 1. The number of benzene rings is 3. The van der Waals surface area contributed by atoms with E-state index in [0.717, 1.165) is 28.5 Å². The molecule has 1 heterocycles. The number of aryl methyl sites for hydroxylation is 1. The van der Waals surface area contributed by atoms with E-state index in [4.69, 9.17) is 0 Å². The molecule has 168 valence electrons. The van der Waals surface area contributed by atoms with Gasteiger partial charge < -0.3 is 14.8 Å². The lowest BCUT2D eigenvalue weighted by molar-refractivity contribution is -0.111. The van der Waals surface area contributed by atoms with Gasteiger partial charge in [-0.2, -0.15) is 0 Å². The largest absolute Gasteiger partial charge is 0.508 e. The van der Waals surface area contributed by atoms with Crippen molar-refractivity contribution in [2.45, 2.75) is 25.7 Å². The summed E-state index contributed by atoms with van der Waals surface area (Å²) in [5.74, 6) is -1.05. The van der Waals surface area contributed by atoms with Crippen LogP contribution in [0.25, 0.3) is 11.1 Å². The summed E-state index contributed by atoms with van der Waals surface area (Å²) in [6.45, 7) is 1.20. The first-order chi connectivity index (χ1) is 16.0. The Hall–Kier alpha value is -3.47. The molecule has 3 nitrogen and oxygen atoms in total. The SMILES string of the molecule is O=CC1CCN(c2cc(F)c(C3=C(c4ccccc4)CCc4cc(O)ccc43)c(F)c2)CC1. The lowest BCUT2D eigenvalue weighted by atomic mass is 9.79. The van der Waals surface area contributed by atoms with Crippen molar-refractivity contribution in [3.8, 4) is 5.75 Å². The van der Waals surface area contributed by atoms with E-state index in [9.17, 15) is 9.90 Å². The lowest BCUT2D eigenvalue weighted by Gasteiger charge is -2.32. The number of carbonyl (C=O) groups excluding carboxylic acids is 1. The average Bonchev–Trinajstić information content (AvgIpc) is 2.84. The Kier molecular flexibility index (Phi) is 5.71. The van der Waals surface area contributed by atoms with E-state index in [-0.39, 0.29) is 17.2 Å². The quantitative estimate of drug-likeness (QED) is 0.502. The summed E-state index contributed by atoms with van der Waals surface area (Å²) in [5.41, 5.74) is 4.47. The van der Waals surface area contributed by atoms with Gasteiger partial charge in [0.1, 0.15) is 23.7 Å². The first-order valence-electron chi connectivity index (χ1n) is 11.4. The summed E-state index contributed by atoms with van der Waals surface area (Å²) in [7, 11) is 0. The van der Waals surface area contributed by atoms with E-state index >= 15 is 8.78 Å². The molecule has 0 unspecified atom stereocenters. The number of aldehydes is 1. The van der Waals surface area contributed by atoms with Gasteiger partial charge in [-0.1, -0.05) is 36.4 Å². The predicted molar refractivity (Wildman–Crippen MR) is 126 cm³/mol. The Bertz CT molecular complexity index is 1200. The summed E-state index contributed by atoms with van der Waals surface area (Å²) >= 11 is 0. The maximum absolute atomic E-state index is 15.6. The third-order valence-electron chi connectivity index (χ3n) is 6.80. The smallest absolute Gasteiger partial charge is 0.136 e. The van der Waals surface area contributed by atoms with Crippen molar-refractivity contribution in [1.82, 2.24) is 0 Å². The van der Waals surface area contributed by atoms with Crippen LogP contribution in [0.5, 0.6) is 5.75 Å². The van der Waals surface area contributed by atoms with Crippen molar-refractivity contribution in [2.75, 3.05) is 18.0 Å². The van der Waals surface area contributed by atoms with Crippen LogP contribution < -0.4 is 4.90 Å². The highest BCUT2D eigenvalue weighted by molar-refractivity contribution is 6.01. The molecule has 1 aliphatic heterocycles. The van der Waals surface area contributed by atoms with Gasteiger partial charge in [-0.15, -0.1) is 0 Å². The molecular weight excluding hydrogens is 420 g/mol. The number of phenolic OH excluding ortho intramolecular Hbond substituents is 1. The number of anilines is 1. The minimum atomic E-state index is -0.605.